The van der Waals surface area contributed by atoms with E-state index < -0.39 is 34.3 Å². The fourth-order valence-corrected chi connectivity index (χ4v) is 6.42. The summed E-state index contributed by atoms with van der Waals surface area (Å²) in [7, 11) is -4.22. The van der Waals surface area contributed by atoms with Crippen molar-refractivity contribution in [2.45, 2.75) is 56.1 Å². The van der Waals surface area contributed by atoms with Crippen molar-refractivity contribution < 1.29 is 22.4 Å². The van der Waals surface area contributed by atoms with Gasteiger partial charge in [-0.25, -0.2) is 12.8 Å². The molecule has 40 heavy (non-hydrogen) atoms. The molecule has 7 nitrogen and oxygen atoms in total. The number of hydrogen-bond acceptors (Lipinski definition) is 4. The summed E-state index contributed by atoms with van der Waals surface area (Å²) in [5.74, 6) is -1.51. The summed E-state index contributed by atoms with van der Waals surface area (Å²) < 4.78 is 42.0. The quantitative estimate of drug-likeness (QED) is 0.316. The molecule has 1 N–H and O–H groups in total. The standard InChI is InChI=1S/C29H30Cl2FN3O4S/c1-20(29(37)33-23-7-5-6-8-23)34(18-21-11-16-26(30)27(31)17-21)28(36)19-35(24-14-12-22(32)13-15-24)40(38,39)25-9-3-2-4-10-25/h2-4,9-17,20,23H,5-8,18-19H2,1H3,(H,33,37)/t20-/m1/s1. The minimum atomic E-state index is -4.22. The first-order valence-corrected chi connectivity index (χ1v) is 15.1. The Morgan fingerprint density at radius 2 is 1.62 bits per heavy atom. The normalized spacial score (nSPS) is 14.5. The van der Waals surface area contributed by atoms with E-state index in [4.69, 9.17) is 23.2 Å². The second kappa shape index (κ2) is 13.0. The van der Waals surface area contributed by atoms with Gasteiger partial charge in [0.1, 0.15) is 18.4 Å². The molecule has 1 aliphatic rings. The van der Waals surface area contributed by atoms with Crippen molar-refractivity contribution in [3.8, 4) is 0 Å². The van der Waals surface area contributed by atoms with Crippen LogP contribution in [0.2, 0.25) is 10.0 Å². The van der Waals surface area contributed by atoms with Gasteiger partial charge in [-0.1, -0.05) is 60.3 Å². The van der Waals surface area contributed by atoms with Gasteiger partial charge in [0.05, 0.1) is 20.6 Å². The molecule has 1 atom stereocenters. The number of amides is 2. The van der Waals surface area contributed by atoms with Gasteiger partial charge in [-0.15, -0.1) is 0 Å². The lowest BCUT2D eigenvalue weighted by Crippen LogP contribution is -2.52. The van der Waals surface area contributed by atoms with Crippen molar-refractivity contribution in [2.75, 3.05) is 10.8 Å². The Hall–Kier alpha value is -3.14. The third-order valence-corrected chi connectivity index (χ3v) is 9.46. The summed E-state index contributed by atoms with van der Waals surface area (Å²) in [5, 5.41) is 3.64. The van der Waals surface area contributed by atoms with Crippen molar-refractivity contribution in [3.63, 3.8) is 0 Å². The molecule has 0 saturated heterocycles. The minimum Gasteiger partial charge on any atom is -0.352 e. The van der Waals surface area contributed by atoms with Crippen LogP contribution in [0.3, 0.4) is 0 Å². The van der Waals surface area contributed by atoms with Crippen molar-refractivity contribution in [1.29, 1.82) is 0 Å². The third kappa shape index (κ3) is 7.13. The summed E-state index contributed by atoms with van der Waals surface area (Å²) in [6, 6.07) is 16.5. The maximum absolute atomic E-state index is 13.9. The molecule has 0 bridgehead atoms. The molecule has 0 aliphatic heterocycles. The molecular formula is C29H30Cl2FN3O4S. The molecule has 4 rings (SSSR count). The van der Waals surface area contributed by atoms with E-state index >= 15 is 0 Å². The van der Waals surface area contributed by atoms with Crippen LogP contribution in [0.15, 0.2) is 77.7 Å². The van der Waals surface area contributed by atoms with E-state index in [9.17, 15) is 22.4 Å². The number of rotatable bonds is 10. The molecule has 11 heteroatoms. The van der Waals surface area contributed by atoms with Crippen LogP contribution in [-0.2, 0) is 26.2 Å². The maximum Gasteiger partial charge on any atom is 0.264 e. The van der Waals surface area contributed by atoms with Crippen LogP contribution in [0.25, 0.3) is 0 Å². The van der Waals surface area contributed by atoms with Crippen molar-refractivity contribution >= 4 is 50.7 Å². The number of sulfonamides is 1. The number of nitrogens with zero attached hydrogens (tertiary/aromatic N) is 2. The average molecular weight is 607 g/mol. The second-order valence-electron chi connectivity index (χ2n) is 9.74. The largest absolute Gasteiger partial charge is 0.352 e. The Kier molecular flexibility index (Phi) is 9.71. The fraction of sp³-hybridized carbons (Fsp3) is 0.310. The molecule has 3 aromatic carbocycles. The van der Waals surface area contributed by atoms with Crippen LogP contribution in [0.5, 0.6) is 0 Å². The Morgan fingerprint density at radius 3 is 2.25 bits per heavy atom. The van der Waals surface area contributed by atoms with E-state index in [0.29, 0.717) is 10.6 Å². The average Bonchev–Trinajstić information content (AvgIpc) is 3.46. The van der Waals surface area contributed by atoms with Crippen LogP contribution in [0.1, 0.15) is 38.2 Å². The van der Waals surface area contributed by atoms with Crippen molar-refractivity contribution in [3.05, 3.63) is 94.2 Å². The van der Waals surface area contributed by atoms with Crippen LogP contribution >= 0.6 is 23.2 Å². The Bertz CT molecular complexity index is 1450. The van der Waals surface area contributed by atoms with E-state index in [2.05, 4.69) is 5.32 Å². The van der Waals surface area contributed by atoms with Crippen molar-refractivity contribution in [1.82, 2.24) is 10.2 Å². The van der Waals surface area contributed by atoms with Crippen LogP contribution in [-0.4, -0.2) is 43.8 Å². The molecule has 0 heterocycles. The van der Waals surface area contributed by atoms with E-state index in [1.165, 1.54) is 29.2 Å². The number of carbonyl (C=O) groups excluding carboxylic acids is 2. The number of nitrogens with one attached hydrogen (secondary N) is 1. The lowest BCUT2D eigenvalue weighted by Gasteiger charge is -2.32. The van der Waals surface area contributed by atoms with Gasteiger partial charge in [0.25, 0.3) is 10.0 Å². The number of carbonyl (C=O) groups is 2. The molecule has 1 saturated carbocycles. The first-order chi connectivity index (χ1) is 19.1. The molecule has 0 radical (unpaired) electrons. The van der Waals surface area contributed by atoms with Gasteiger partial charge in [-0.3, -0.25) is 13.9 Å². The SMILES string of the molecule is C[C@H](C(=O)NC1CCCC1)N(Cc1ccc(Cl)c(Cl)c1)C(=O)CN(c1ccc(F)cc1)S(=O)(=O)c1ccccc1. The molecule has 0 unspecified atom stereocenters. The van der Waals surface area contributed by atoms with Gasteiger partial charge in [-0.05, 0) is 73.9 Å². The van der Waals surface area contributed by atoms with E-state index in [1.807, 2.05) is 0 Å². The summed E-state index contributed by atoms with van der Waals surface area (Å²) in [4.78, 5) is 28.4. The monoisotopic (exact) mass is 605 g/mol. The first-order valence-electron chi connectivity index (χ1n) is 12.9. The zero-order valence-corrected chi connectivity index (χ0v) is 24.2. The van der Waals surface area contributed by atoms with Gasteiger partial charge in [-0.2, -0.15) is 0 Å². The molecule has 2 amide bonds. The van der Waals surface area contributed by atoms with Gasteiger partial charge >= 0.3 is 0 Å². The van der Waals surface area contributed by atoms with Gasteiger partial charge in [0.15, 0.2) is 0 Å². The maximum atomic E-state index is 13.9. The minimum absolute atomic E-state index is 0.0163. The van der Waals surface area contributed by atoms with Gasteiger partial charge in [0.2, 0.25) is 11.8 Å². The highest BCUT2D eigenvalue weighted by atomic mass is 35.5. The van der Waals surface area contributed by atoms with Crippen LogP contribution in [0.4, 0.5) is 10.1 Å². The Morgan fingerprint density at radius 1 is 0.975 bits per heavy atom. The number of anilines is 1. The smallest absolute Gasteiger partial charge is 0.264 e. The topological polar surface area (TPSA) is 86.8 Å². The lowest BCUT2D eigenvalue weighted by molar-refractivity contribution is -0.139. The Labute approximate surface area is 243 Å². The zero-order chi connectivity index (χ0) is 28.9. The predicted octanol–water partition coefficient (Wildman–Crippen LogP) is 5.80. The summed E-state index contributed by atoms with van der Waals surface area (Å²) in [5.41, 5.74) is 0.721. The first kappa shape index (κ1) is 29.8. The molecule has 212 valence electrons. The van der Waals surface area contributed by atoms with E-state index in [1.54, 1.807) is 43.3 Å². The molecule has 0 aromatic heterocycles. The highest BCUT2D eigenvalue weighted by Crippen LogP contribution is 2.27. The molecule has 1 fully saturated rings. The number of benzene rings is 3. The van der Waals surface area contributed by atoms with Gasteiger partial charge in [0, 0.05) is 12.6 Å². The predicted molar refractivity (Wildman–Crippen MR) is 154 cm³/mol. The fourth-order valence-electron chi connectivity index (χ4n) is 4.67. The van der Waals surface area contributed by atoms with E-state index in [0.717, 1.165) is 42.1 Å². The third-order valence-electron chi connectivity index (χ3n) is 6.93. The van der Waals surface area contributed by atoms with Crippen LogP contribution < -0.4 is 9.62 Å². The number of halogens is 3. The molecule has 1 aliphatic carbocycles. The zero-order valence-electron chi connectivity index (χ0n) is 21.9. The molecule has 0 spiro atoms. The summed E-state index contributed by atoms with van der Waals surface area (Å²) >= 11 is 12.3. The highest BCUT2D eigenvalue weighted by molar-refractivity contribution is 7.92. The summed E-state index contributed by atoms with van der Waals surface area (Å²) in [6.07, 6.45) is 3.78. The van der Waals surface area contributed by atoms with Gasteiger partial charge < -0.3 is 10.2 Å². The van der Waals surface area contributed by atoms with Crippen molar-refractivity contribution in [2.24, 2.45) is 0 Å². The number of hydrogen-bond donors (Lipinski definition) is 1. The second-order valence-corrected chi connectivity index (χ2v) is 12.4. The Balaban J connectivity index is 1.68. The van der Waals surface area contributed by atoms with Crippen LogP contribution in [0, 0.1) is 5.82 Å². The molecular weight excluding hydrogens is 576 g/mol. The van der Waals surface area contributed by atoms with E-state index in [-0.39, 0.29) is 34.1 Å². The summed E-state index contributed by atoms with van der Waals surface area (Å²) in [6.45, 7) is 0.969. The molecule has 3 aromatic rings. The highest BCUT2D eigenvalue weighted by Gasteiger charge is 2.33. The lowest BCUT2D eigenvalue weighted by atomic mass is 10.1.